The Labute approximate surface area is 85.2 Å². The lowest BCUT2D eigenvalue weighted by Crippen LogP contribution is -2.09. The highest BCUT2D eigenvalue weighted by Crippen LogP contribution is 2.12. The average molecular weight is 233 g/mol. The largest absolute Gasteiger partial charge is 0.549 e. The van der Waals surface area contributed by atoms with Gasteiger partial charge in [-0.1, -0.05) is 13.5 Å². The van der Waals surface area contributed by atoms with E-state index in [1.165, 1.54) is 19.3 Å². The van der Waals surface area contributed by atoms with Crippen molar-refractivity contribution in [1.82, 2.24) is 0 Å². The zero-order valence-corrected chi connectivity index (χ0v) is 7.25. The number of rotatable bonds is 2. The van der Waals surface area contributed by atoms with Gasteiger partial charge in [-0.15, -0.1) is 18.1 Å². The van der Waals surface area contributed by atoms with E-state index in [9.17, 15) is 18.0 Å². The summed E-state index contributed by atoms with van der Waals surface area (Å²) in [7, 11) is 1.32. The van der Waals surface area contributed by atoms with Crippen LogP contribution < -0.4 is 5.73 Å². The summed E-state index contributed by atoms with van der Waals surface area (Å²) in [6, 6.07) is 0. The molecule has 0 atom stereocenters. The highest BCUT2D eigenvalue weighted by molar-refractivity contribution is 5.81. The molecule has 0 amide bonds. The molecule has 0 heterocycles. The van der Waals surface area contributed by atoms with E-state index in [4.69, 9.17) is 11.0 Å². The molecule has 0 aliphatic rings. The van der Waals surface area contributed by atoms with Gasteiger partial charge in [-0.05, 0) is 0 Å². The monoisotopic (exact) mass is 233 g/mol. The fraction of sp³-hybridized carbons (Fsp3) is 0.571. The van der Waals surface area contributed by atoms with Crippen molar-refractivity contribution in [2.45, 2.75) is 13.8 Å². The number of carbonyl (C=O) groups is 1. The van der Waals surface area contributed by atoms with E-state index in [1.54, 1.807) is 0 Å². The van der Waals surface area contributed by atoms with Crippen molar-refractivity contribution < 1.29 is 32.8 Å². The molecule has 0 aromatic heterocycles. The summed E-state index contributed by atoms with van der Waals surface area (Å²) in [6.45, 7) is 0.370. The van der Waals surface area contributed by atoms with Crippen LogP contribution in [0, 0.1) is 0 Å². The van der Waals surface area contributed by atoms with E-state index in [0.29, 0.717) is 6.54 Å². The highest BCUT2D eigenvalue weighted by Gasteiger charge is 2.28. The van der Waals surface area contributed by atoms with Crippen LogP contribution in [0.4, 0.5) is 13.2 Å². The lowest BCUT2D eigenvalue weighted by molar-refractivity contribution is -0.464. The van der Waals surface area contributed by atoms with E-state index in [2.05, 4.69) is 4.74 Å². The fourth-order valence-corrected chi connectivity index (χ4v) is 0.232. The predicted octanol–water partition coefficient (Wildman–Crippen LogP) is 1.31. The zero-order chi connectivity index (χ0) is 11.6. The highest BCUT2D eigenvalue weighted by atomic mass is 19.4. The molecule has 0 aromatic rings. The van der Waals surface area contributed by atoms with Crippen LogP contribution in [0.25, 0.3) is 0 Å². The molecule has 0 aromatic carbocycles. The van der Waals surface area contributed by atoms with E-state index >= 15 is 0 Å². The second-order valence-corrected chi connectivity index (χ2v) is 1.70. The first-order valence-corrected chi connectivity index (χ1v) is 3.21. The van der Waals surface area contributed by atoms with E-state index in [0.717, 1.165) is 0 Å². The zero-order valence-electron chi connectivity index (χ0n) is 7.25. The lowest BCUT2D eigenvalue weighted by Gasteiger charge is -1.94. The van der Waals surface area contributed by atoms with E-state index in [-0.39, 0.29) is 13.4 Å². The summed E-state index contributed by atoms with van der Waals surface area (Å²) in [5.41, 5.74) is 5.04. The number of methoxy groups -OCH3 is 1. The first kappa shape index (κ1) is 19.5. The summed E-state index contributed by atoms with van der Waals surface area (Å²) in [6.07, 6.45) is -2.08. The van der Waals surface area contributed by atoms with Crippen LogP contribution in [-0.4, -0.2) is 31.2 Å². The van der Waals surface area contributed by atoms with Crippen LogP contribution in [0.1, 0.15) is 7.43 Å². The summed E-state index contributed by atoms with van der Waals surface area (Å²) < 4.78 is 35.2. The third-order valence-electron chi connectivity index (χ3n) is 0.695. The van der Waals surface area contributed by atoms with Crippen LogP contribution in [0.2, 0.25) is 0 Å². The summed E-state index contributed by atoms with van der Waals surface area (Å²) in [4.78, 5) is 12.1. The maximum Gasteiger partial charge on any atom is 0.549 e. The predicted molar refractivity (Wildman–Crippen MR) is 46.7 cm³/mol. The Morgan fingerprint density at radius 3 is 2.13 bits per heavy atom. The van der Waals surface area contributed by atoms with Crippen LogP contribution in [0.15, 0.2) is 12.2 Å². The van der Waals surface area contributed by atoms with Crippen molar-refractivity contribution >= 4 is 5.97 Å². The first-order valence-electron chi connectivity index (χ1n) is 3.21. The molecule has 0 aliphatic heterocycles. The molecular weight excluding hydrogens is 219 g/mol. The van der Waals surface area contributed by atoms with Crippen molar-refractivity contribution in [2.75, 3.05) is 13.7 Å². The van der Waals surface area contributed by atoms with Gasteiger partial charge in [0.05, 0.1) is 7.11 Å². The Hall–Kier alpha value is -1.12. The Morgan fingerprint density at radius 1 is 1.53 bits per heavy atom. The molecule has 15 heavy (non-hydrogen) atoms. The molecule has 0 saturated carbocycles. The van der Waals surface area contributed by atoms with Crippen molar-refractivity contribution in [1.29, 1.82) is 0 Å². The summed E-state index contributed by atoms with van der Waals surface area (Å²) in [5.74, 6) is -0.365. The van der Waals surface area contributed by atoms with Crippen molar-refractivity contribution in [3.8, 4) is 0 Å². The van der Waals surface area contributed by atoms with Gasteiger partial charge in [0.1, 0.15) is 0 Å². The van der Waals surface area contributed by atoms with Gasteiger partial charge in [-0.25, -0.2) is 10.1 Å². The molecular formula is C7H14F3NO4. The van der Waals surface area contributed by atoms with Gasteiger partial charge >= 0.3 is 12.3 Å². The van der Waals surface area contributed by atoms with E-state index < -0.39 is 6.36 Å². The van der Waals surface area contributed by atoms with Gasteiger partial charge < -0.3 is 10.5 Å². The normalized spacial score (nSPS) is 10.0. The minimum absolute atomic E-state index is 0. The van der Waals surface area contributed by atoms with Gasteiger partial charge in [0, 0.05) is 12.6 Å². The van der Waals surface area contributed by atoms with Crippen LogP contribution in [0.5, 0.6) is 0 Å². The number of halogens is 3. The number of hydrogen-bond donors (Lipinski definition) is 2. The number of alkyl halides is 3. The lowest BCUT2D eigenvalue weighted by atomic mass is 10.5. The second-order valence-electron chi connectivity index (χ2n) is 1.70. The maximum absolute atomic E-state index is 10.3. The second kappa shape index (κ2) is 11.0. The van der Waals surface area contributed by atoms with Gasteiger partial charge in [0.25, 0.3) is 0 Å². The SMILES string of the molecule is C.COC(=O)/C=C/CN.OOC(F)(F)F. The Kier molecular flexibility index (Phi) is 14.2. The van der Waals surface area contributed by atoms with Gasteiger partial charge in [-0.2, -0.15) is 0 Å². The molecule has 3 N–H and O–H groups in total. The minimum Gasteiger partial charge on any atom is -0.466 e. The molecule has 0 rings (SSSR count). The number of esters is 1. The molecule has 0 spiro atoms. The van der Waals surface area contributed by atoms with Crippen molar-refractivity contribution in [3.63, 3.8) is 0 Å². The number of ether oxygens (including phenoxy) is 1. The summed E-state index contributed by atoms with van der Waals surface area (Å²) >= 11 is 0. The Bertz CT molecular complexity index is 182. The standard InChI is InChI=1S/C5H9NO2.CHF3O2.CH4/c1-8-5(7)3-2-4-6;2-1(3,4)6-5;/h2-3H,4,6H2,1H3;5H;1H4/b3-2+;;. The molecule has 92 valence electrons. The minimum atomic E-state index is -4.90. The van der Waals surface area contributed by atoms with Crippen LogP contribution >= 0.6 is 0 Å². The first-order chi connectivity index (χ1) is 6.37. The molecule has 0 radical (unpaired) electrons. The van der Waals surface area contributed by atoms with Crippen molar-refractivity contribution in [2.24, 2.45) is 5.73 Å². The van der Waals surface area contributed by atoms with Crippen LogP contribution in [0.3, 0.4) is 0 Å². The maximum atomic E-state index is 10.3. The topological polar surface area (TPSA) is 81.8 Å². The number of carbonyl (C=O) groups excluding carboxylic acids is 1. The van der Waals surface area contributed by atoms with Gasteiger partial charge in [0.15, 0.2) is 0 Å². The molecule has 0 aliphatic carbocycles. The molecule has 0 bridgehead atoms. The Morgan fingerprint density at radius 2 is 1.93 bits per heavy atom. The van der Waals surface area contributed by atoms with Gasteiger partial charge in [0.2, 0.25) is 0 Å². The molecule has 0 saturated heterocycles. The third-order valence-corrected chi connectivity index (χ3v) is 0.695. The quantitative estimate of drug-likeness (QED) is 0.325. The van der Waals surface area contributed by atoms with Gasteiger partial charge in [-0.3, -0.25) is 0 Å². The van der Waals surface area contributed by atoms with E-state index in [1.807, 2.05) is 4.89 Å². The number of nitrogens with two attached hydrogens (primary N) is 1. The fourth-order valence-electron chi connectivity index (χ4n) is 0.232. The Balaban J connectivity index is -0.000000187. The number of hydrogen-bond acceptors (Lipinski definition) is 5. The average Bonchev–Trinajstić information content (AvgIpc) is 2.14. The molecule has 8 heteroatoms. The molecule has 0 fully saturated rings. The molecule has 5 nitrogen and oxygen atoms in total. The van der Waals surface area contributed by atoms with Crippen molar-refractivity contribution in [3.05, 3.63) is 12.2 Å². The van der Waals surface area contributed by atoms with Crippen LogP contribution in [-0.2, 0) is 14.4 Å². The summed E-state index contributed by atoms with van der Waals surface area (Å²) in [5, 5.41) is 6.78. The molecule has 0 unspecified atom stereocenters. The third kappa shape index (κ3) is 24.6. The smallest absolute Gasteiger partial charge is 0.466 e.